The van der Waals surface area contributed by atoms with Crippen molar-refractivity contribution in [1.82, 2.24) is 14.5 Å². The maximum absolute atomic E-state index is 12.8. The van der Waals surface area contributed by atoms with E-state index in [1.807, 2.05) is 24.3 Å². The number of nitriles is 1. The van der Waals surface area contributed by atoms with E-state index in [-0.39, 0.29) is 5.56 Å². The first-order chi connectivity index (χ1) is 14.1. The second-order valence-corrected chi connectivity index (χ2v) is 6.71. The number of benzene rings is 2. The summed E-state index contributed by atoms with van der Waals surface area (Å²) in [6.45, 7) is 0.762. The lowest BCUT2D eigenvalue weighted by molar-refractivity contribution is 0.102. The van der Waals surface area contributed by atoms with Crippen LogP contribution in [0.15, 0.2) is 48.5 Å². The monoisotopic (exact) mass is 405 g/mol. The molecule has 2 aromatic carbocycles. The molecule has 0 aliphatic carbocycles. The van der Waals surface area contributed by atoms with Crippen molar-refractivity contribution in [1.29, 1.82) is 5.26 Å². The molecule has 4 rings (SSSR count). The lowest BCUT2D eigenvalue weighted by Gasteiger charge is -2.12. The summed E-state index contributed by atoms with van der Waals surface area (Å²) in [5, 5.41) is 13.0. The van der Waals surface area contributed by atoms with E-state index >= 15 is 0 Å². The van der Waals surface area contributed by atoms with Gasteiger partial charge in [-0.15, -0.1) is 0 Å². The molecular weight excluding hydrogens is 390 g/mol. The SMILES string of the molecule is COCCn1c(NC(=O)c2ccccc2Cl)c(C#N)c2nc3ccccc3nc21. The molecule has 7 nitrogen and oxygen atoms in total. The lowest BCUT2D eigenvalue weighted by atomic mass is 10.2. The van der Waals surface area contributed by atoms with Crippen molar-refractivity contribution >= 4 is 45.5 Å². The molecular formula is C21H16ClN5O2. The highest BCUT2D eigenvalue weighted by Crippen LogP contribution is 2.30. The van der Waals surface area contributed by atoms with Gasteiger partial charge in [-0.2, -0.15) is 5.26 Å². The molecule has 0 unspecified atom stereocenters. The molecule has 1 N–H and O–H groups in total. The fourth-order valence-electron chi connectivity index (χ4n) is 3.16. The Kier molecular flexibility index (Phi) is 5.12. The van der Waals surface area contributed by atoms with E-state index in [0.29, 0.717) is 51.8 Å². The smallest absolute Gasteiger partial charge is 0.258 e. The van der Waals surface area contributed by atoms with Crippen molar-refractivity contribution in [3.8, 4) is 6.07 Å². The summed E-state index contributed by atoms with van der Waals surface area (Å²) in [4.78, 5) is 22.1. The number of hydrogen-bond acceptors (Lipinski definition) is 5. The van der Waals surface area contributed by atoms with E-state index in [4.69, 9.17) is 16.3 Å². The minimum atomic E-state index is -0.418. The predicted octanol–water partition coefficient (Wildman–Crippen LogP) is 4.01. The first-order valence-corrected chi connectivity index (χ1v) is 9.25. The summed E-state index contributed by atoms with van der Waals surface area (Å²) in [6, 6.07) is 16.3. The number of anilines is 1. The Morgan fingerprint density at radius 3 is 2.55 bits per heavy atom. The molecule has 2 aromatic heterocycles. The third kappa shape index (κ3) is 3.40. The van der Waals surface area contributed by atoms with Crippen LogP contribution < -0.4 is 5.32 Å². The maximum Gasteiger partial charge on any atom is 0.258 e. The first kappa shape index (κ1) is 18.9. The zero-order valence-electron chi connectivity index (χ0n) is 15.5. The topological polar surface area (TPSA) is 92.8 Å². The predicted molar refractivity (Wildman–Crippen MR) is 111 cm³/mol. The van der Waals surface area contributed by atoms with Gasteiger partial charge in [0.15, 0.2) is 5.65 Å². The van der Waals surface area contributed by atoms with Crippen LogP contribution in [0.25, 0.3) is 22.2 Å². The van der Waals surface area contributed by atoms with Crippen LogP contribution in [0.2, 0.25) is 5.02 Å². The number of ether oxygens (including phenoxy) is 1. The fraction of sp³-hybridized carbons (Fsp3) is 0.143. The van der Waals surface area contributed by atoms with Gasteiger partial charge in [0.25, 0.3) is 5.91 Å². The molecule has 0 aliphatic rings. The van der Waals surface area contributed by atoms with E-state index in [1.54, 1.807) is 35.9 Å². The third-order valence-corrected chi connectivity index (χ3v) is 4.86. The van der Waals surface area contributed by atoms with Crippen LogP contribution in [-0.4, -0.2) is 34.2 Å². The minimum Gasteiger partial charge on any atom is -0.383 e. The van der Waals surface area contributed by atoms with Gasteiger partial charge in [-0.25, -0.2) is 9.97 Å². The number of rotatable bonds is 5. The molecule has 0 radical (unpaired) electrons. The second kappa shape index (κ2) is 7.87. The number of fused-ring (bicyclic) bond motifs is 2. The van der Waals surface area contributed by atoms with Gasteiger partial charge in [0.1, 0.15) is 23.0 Å². The molecule has 1 amide bonds. The van der Waals surface area contributed by atoms with Crippen molar-refractivity contribution in [2.45, 2.75) is 6.54 Å². The van der Waals surface area contributed by atoms with Crippen LogP contribution in [0, 0.1) is 11.3 Å². The normalized spacial score (nSPS) is 10.9. The number of methoxy groups -OCH3 is 1. The van der Waals surface area contributed by atoms with Gasteiger partial charge >= 0.3 is 0 Å². The van der Waals surface area contributed by atoms with Gasteiger partial charge in [-0.05, 0) is 24.3 Å². The van der Waals surface area contributed by atoms with Gasteiger partial charge in [0.2, 0.25) is 0 Å². The average molecular weight is 406 g/mol. The van der Waals surface area contributed by atoms with Crippen LogP contribution >= 0.6 is 11.6 Å². The third-order valence-electron chi connectivity index (χ3n) is 4.53. The Bertz CT molecular complexity index is 1280. The number of nitrogens with one attached hydrogen (secondary N) is 1. The molecule has 144 valence electrons. The average Bonchev–Trinajstić information content (AvgIpc) is 3.01. The Hall–Kier alpha value is -3.47. The number of amides is 1. The number of aromatic nitrogens is 3. The van der Waals surface area contributed by atoms with Crippen LogP contribution in [0.4, 0.5) is 5.82 Å². The summed E-state index contributed by atoms with van der Waals surface area (Å²) in [5.74, 6) is -0.0992. The number of halogens is 1. The molecule has 0 bridgehead atoms. The maximum atomic E-state index is 12.8. The largest absolute Gasteiger partial charge is 0.383 e. The van der Waals surface area contributed by atoms with Crippen LogP contribution in [0.5, 0.6) is 0 Å². The Balaban J connectivity index is 1.91. The number of hydrogen-bond donors (Lipinski definition) is 1. The Morgan fingerprint density at radius 1 is 1.17 bits per heavy atom. The zero-order valence-corrected chi connectivity index (χ0v) is 16.3. The van der Waals surface area contributed by atoms with Crippen molar-refractivity contribution in [2.24, 2.45) is 0 Å². The van der Waals surface area contributed by atoms with E-state index in [2.05, 4.69) is 21.4 Å². The molecule has 0 atom stereocenters. The lowest BCUT2D eigenvalue weighted by Crippen LogP contribution is -2.17. The van der Waals surface area contributed by atoms with Crippen LogP contribution in [0.1, 0.15) is 15.9 Å². The summed E-state index contributed by atoms with van der Waals surface area (Å²) < 4.78 is 6.94. The molecule has 0 spiro atoms. The Labute approximate surface area is 171 Å². The van der Waals surface area contributed by atoms with Crippen molar-refractivity contribution < 1.29 is 9.53 Å². The first-order valence-electron chi connectivity index (χ1n) is 8.88. The fourth-order valence-corrected chi connectivity index (χ4v) is 3.38. The summed E-state index contributed by atoms with van der Waals surface area (Å²) in [5.41, 5.74) is 2.86. The zero-order chi connectivity index (χ0) is 20.4. The number of nitrogens with zero attached hydrogens (tertiary/aromatic N) is 4. The van der Waals surface area contributed by atoms with Gasteiger partial charge < -0.3 is 14.6 Å². The van der Waals surface area contributed by atoms with E-state index in [1.165, 1.54) is 0 Å². The molecule has 0 saturated carbocycles. The molecule has 4 aromatic rings. The quantitative estimate of drug-likeness (QED) is 0.541. The molecule has 0 aliphatic heterocycles. The standard InChI is InChI=1S/C21H16ClN5O2/c1-29-11-10-27-19(26-21(28)13-6-2-3-7-15(13)22)14(12-23)18-20(27)25-17-9-5-4-8-16(17)24-18/h2-9H,10-11H2,1H3,(H,26,28). The van der Waals surface area contributed by atoms with Crippen molar-refractivity contribution in [3.05, 3.63) is 64.7 Å². The second-order valence-electron chi connectivity index (χ2n) is 6.30. The van der Waals surface area contributed by atoms with Gasteiger partial charge in [-0.3, -0.25) is 4.79 Å². The van der Waals surface area contributed by atoms with Gasteiger partial charge in [-0.1, -0.05) is 35.9 Å². The van der Waals surface area contributed by atoms with Gasteiger partial charge in [0, 0.05) is 13.7 Å². The van der Waals surface area contributed by atoms with Crippen molar-refractivity contribution in [2.75, 3.05) is 19.0 Å². The Morgan fingerprint density at radius 2 is 1.86 bits per heavy atom. The minimum absolute atomic E-state index is 0.245. The van der Waals surface area contributed by atoms with E-state index in [0.717, 1.165) is 0 Å². The number of carbonyl (C=O) groups excluding carboxylic acids is 1. The molecule has 0 fully saturated rings. The summed E-state index contributed by atoms with van der Waals surface area (Å²) in [6.07, 6.45) is 0. The van der Waals surface area contributed by atoms with E-state index in [9.17, 15) is 10.1 Å². The highest BCUT2D eigenvalue weighted by atomic mass is 35.5. The molecule has 8 heteroatoms. The van der Waals surface area contributed by atoms with Crippen LogP contribution in [-0.2, 0) is 11.3 Å². The molecule has 29 heavy (non-hydrogen) atoms. The number of carbonyl (C=O) groups is 1. The number of para-hydroxylation sites is 2. The van der Waals surface area contributed by atoms with Gasteiger partial charge in [0.05, 0.1) is 28.2 Å². The van der Waals surface area contributed by atoms with Crippen LogP contribution in [0.3, 0.4) is 0 Å². The summed E-state index contributed by atoms with van der Waals surface area (Å²) >= 11 is 6.15. The van der Waals surface area contributed by atoms with E-state index < -0.39 is 5.91 Å². The van der Waals surface area contributed by atoms with Crippen molar-refractivity contribution in [3.63, 3.8) is 0 Å². The molecule has 0 saturated heterocycles. The summed E-state index contributed by atoms with van der Waals surface area (Å²) in [7, 11) is 1.58. The molecule has 2 heterocycles. The highest BCUT2D eigenvalue weighted by Gasteiger charge is 2.23. The highest BCUT2D eigenvalue weighted by molar-refractivity contribution is 6.34.